The minimum absolute atomic E-state index is 0.132. The molecule has 1 heterocycles. The molecule has 25 heavy (non-hydrogen) atoms. The number of hydrogen-bond donors (Lipinski definition) is 1. The number of rotatable bonds is 6. The van der Waals surface area contributed by atoms with E-state index in [2.05, 4.69) is 15.5 Å². The van der Waals surface area contributed by atoms with Crippen molar-refractivity contribution in [3.8, 4) is 22.9 Å². The van der Waals surface area contributed by atoms with Gasteiger partial charge in [-0.1, -0.05) is 11.2 Å². The topological polar surface area (TPSA) is 86.5 Å². The molecule has 1 amide bonds. The lowest BCUT2D eigenvalue weighted by molar-refractivity contribution is -0.114. The van der Waals surface area contributed by atoms with Gasteiger partial charge in [0, 0.05) is 24.2 Å². The Hall–Kier alpha value is -3.35. The van der Waals surface area contributed by atoms with Gasteiger partial charge >= 0.3 is 0 Å². The van der Waals surface area contributed by atoms with Crippen molar-refractivity contribution in [2.75, 3.05) is 12.4 Å². The summed E-state index contributed by atoms with van der Waals surface area (Å²) in [5.74, 6) is 2.05. The first kappa shape index (κ1) is 16.5. The first-order valence-electron chi connectivity index (χ1n) is 7.61. The summed E-state index contributed by atoms with van der Waals surface area (Å²) in [6.45, 7) is 1.58. The lowest BCUT2D eigenvalue weighted by atomic mass is 10.2. The van der Waals surface area contributed by atoms with Crippen molar-refractivity contribution in [1.29, 1.82) is 0 Å². The monoisotopic (exact) mass is 339 g/mol. The Bertz CT molecular complexity index is 859. The fourth-order valence-electron chi connectivity index (χ4n) is 2.18. The maximum atomic E-state index is 11.1. The summed E-state index contributed by atoms with van der Waals surface area (Å²) < 4.78 is 16.0. The quantitative estimate of drug-likeness (QED) is 0.741. The first-order chi connectivity index (χ1) is 12.1. The number of methoxy groups -OCH3 is 1. The molecule has 0 aliphatic carbocycles. The van der Waals surface area contributed by atoms with Crippen molar-refractivity contribution in [3.63, 3.8) is 0 Å². The number of nitrogens with zero attached hydrogens (tertiary/aromatic N) is 2. The molecular weight excluding hydrogens is 322 g/mol. The van der Waals surface area contributed by atoms with E-state index in [9.17, 15) is 4.79 Å². The van der Waals surface area contributed by atoms with E-state index in [-0.39, 0.29) is 12.5 Å². The predicted octanol–water partition coefficient (Wildman–Crippen LogP) is 3.28. The number of aromatic nitrogens is 2. The average Bonchev–Trinajstić information content (AvgIpc) is 3.09. The van der Waals surface area contributed by atoms with E-state index < -0.39 is 0 Å². The zero-order chi connectivity index (χ0) is 17.6. The van der Waals surface area contributed by atoms with Crippen LogP contribution in [-0.2, 0) is 11.4 Å². The molecular formula is C18H17N3O4. The molecule has 0 unspecified atom stereocenters. The number of benzene rings is 2. The van der Waals surface area contributed by atoms with Crippen molar-refractivity contribution < 1.29 is 18.8 Å². The van der Waals surface area contributed by atoms with Gasteiger partial charge in [-0.15, -0.1) is 0 Å². The molecule has 0 bridgehead atoms. The third kappa shape index (κ3) is 4.35. The second-order valence-electron chi connectivity index (χ2n) is 5.24. The van der Waals surface area contributed by atoms with Crippen LogP contribution in [0.25, 0.3) is 11.4 Å². The van der Waals surface area contributed by atoms with Gasteiger partial charge in [-0.2, -0.15) is 4.98 Å². The van der Waals surface area contributed by atoms with Crippen molar-refractivity contribution >= 4 is 11.6 Å². The molecule has 0 saturated carbocycles. The molecule has 1 aromatic heterocycles. The molecule has 7 heteroatoms. The summed E-state index contributed by atoms with van der Waals surface area (Å²) in [6, 6.07) is 14.4. The Kier molecular flexibility index (Phi) is 4.94. The maximum absolute atomic E-state index is 11.1. The third-order valence-corrected chi connectivity index (χ3v) is 3.33. The van der Waals surface area contributed by atoms with E-state index >= 15 is 0 Å². The maximum Gasteiger partial charge on any atom is 0.264 e. The van der Waals surface area contributed by atoms with Crippen LogP contribution >= 0.6 is 0 Å². The summed E-state index contributed by atoms with van der Waals surface area (Å²) >= 11 is 0. The highest BCUT2D eigenvalue weighted by molar-refractivity contribution is 5.88. The van der Waals surface area contributed by atoms with Crippen LogP contribution in [0.4, 0.5) is 5.69 Å². The van der Waals surface area contributed by atoms with Crippen LogP contribution in [-0.4, -0.2) is 23.2 Å². The Morgan fingerprint density at radius 2 is 1.96 bits per heavy atom. The Balaban J connectivity index is 1.64. The van der Waals surface area contributed by atoms with E-state index in [0.29, 0.717) is 23.2 Å². The summed E-state index contributed by atoms with van der Waals surface area (Å²) in [5.41, 5.74) is 1.48. The molecule has 2 aromatic carbocycles. The molecule has 0 saturated heterocycles. The van der Waals surface area contributed by atoms with E-state index in [4.69, 9.17) is 14.0 Å². The van der Waals surface area contributed by atoms with E-state index in [1.165, 1.54) is 6.92 Å². The molecule has 0 atom stereocenters. The molecule has 0 fully saturated rings. The van der Waals surface area contributed by atoms with Crippen LogP contribution in [0, 0.1) is 0 Å². The average molecular weight is 339 g/mol. The van der Waals surface area contributed by atoms with Gasteiger partial charge in [0.05, 0.1) is 7.11 Å². The van der Waals surface area contributed by atoms with Crippen molar-refractivity contribution in [3.05, 3.63) is 54.4 Å². The van der Waals surface area contributed by atoms with Gasteiger partial charge in [0.1, 0.15) is 11.5 Å². The number of nitrogens with one attached hydrogen (secondary N) is 1. The number of hydrogen-bond acceptors (Lipinski definition) is 6. The minimum Gasteiger partial charge on any atom is -0.497 e. The summed E-state index contributed by atoms with van der Waals surface area (Å²) in [7, 11) is 1.61. The molecule has 0 radical (unpaired) electrons. The normalized spacial score (nSPS) is 10.3. The molecule has 0 aliphatic rings. The second kappa shape index (κ2) is 7.48. The highest BCUT2D eigenvalue weighted by atomic mass is 16.5. The van der Waals surface area contributed by atoms with Crippen molar-refractivity contribution in [2.45, 2.75) is 13.5 Å². The van der Waals surface area contributed by atoms with Gasteiger partial charge in [-0.25, -0.2) is 0 Å². The predicted molar refractivity (Wildman–Crippen MR) is 91.4 cm³/mol. The molecule has 0 aliphatic heterocycles. The molecule has 0 spiro atoms. The van der Waals surface area contributed by atoms with Crippen molar-refractivity contribution in [1.82, 2.24) is 10.1 Å². The van der Waals surface area contributed by atoms with Crippen LogP contribution in [0.1, 0.15) is 12.8 Å². The Labute approximate surface area is 144 Å². The summed E-state index contributed by atoms with van der Waals surface area (Å²) in [4.78, 5) is 15.4. The number of amides is 1. The number of ether oxygens (including phenoxy) is 2. The summed E-state index contributed by atoms with van der Waals surface area (Å²) in [6.07, 6.45) is 0. The lowest BCUT2D eigenvalue weighted by Gasteiger charge is -2.06. The van der Waals surface area contributed by atoms with Crippen LogP contribution < -0.4 is 14.8 Å². The lowest BCUT2D eigenvalue weighted by Crippen LogP contribution is -2.05. The van der Waals surface area contributed by atoms with Gasteiger partial charge in [0.2, 0.25) is 11.7 Å². The van der Waals surface area contributed by atoms with Crippen molar-refractivity contribution in [2.24, 2.45) is 0 Å². The zero-order valence-corrected chi connectivity index (χ0v) is 13.9. The Morgan fingerprint density at radius 3 is 2.68 bits per heavy atom. The molecule has 7 nitrogen and oxygen atoms in total. The number of carbonyl (C=O) groups is 1. The van der Waals surface area contributed by atoms with Crippen LogP contribution in [0.3, 0.4) is 0 Å². The van der Waals surface area contributed by atoms with Crippen LogP contribution in [0.15, 0.2) is 53.1 Å². The molecule has 3 rings (SSSR count). The summed E-state index contributed by atoms with van der Waals surface area (Å²) in [5, 5.41) is 6.64. The smallest absolute Gasteiger partial charge is 0.264 e. The van der Waals surface area contributed by atoms with Crippen LogP contribution in [0.2, 0.25) is 0 Å². The zero-order valence-electron chi connectivity index (χ0n) is 13.9. The van der Waals surface area contributed by atoms with E-state index in [0.717, 1.165) is 11.3 Å². The van der Waals surface area contributed by atoms with E-state index in [1.807, 2.05) is 24.3 Å². The number of carbonyl (C=O) groups excluding carboxylic acids is 1. The Morgan fingerprint density at radius 1 is 1.16 bits per heavy atom. The second-order valence-corrected chi connectivity index (χ2v) is 5.24. The molecule has 128 valence electrons. The first-order valence-corrected chi connectivity index (χ1v) is 7.61. The number of anilines is 1. The van der Waals surface area contributed by atoms with E-state index in [1.54, 1.807) is 31.4 Å². The minimum atomic E-state index is -0.141. The highest BCUT2D eigenvalue weighted by Crippen LogP contribution is 2.21. The van der Waals surface area contributed by atoms with Gasteiger partial charge in [-0.3, -0.25) is 4.79 Å². The fraction of sp³-hybridized carbons (Fsp3) is 0.167. The van der Waals surface area contributed by atoms with Gasteiger partial charge < -0.3 is 19.3 Å². The van der Waals surface area contributed by atoms with Gasteiger partial charge in [0.15, 0.2) is 6.61 Å². The molecule has 1 N–H and O–H groups in total. The highest BCUT2D eigenvalue weighted by Gasteiger charge is 2.09. The van der Waals surface area contributed by atoms with Crippen LogP contribution in [0.5, 0.6) is 11.5 Å². The fourth-order valence-corrected chi connectivity index (χ4v) is 2.18. The standard InChI is InChI=1S/C18H17N3O4/c1-12(22)19-14-4-3-5-16(10-14)24-11-17-20-18(21-25-17)13-6-8-15(23-2)9-7-13/h3-10H,11H2,1-2H3,(H,19,22). The SMILES string of the molecule is COc1ccc(-c2noc(COc3cccc(NC(C)=O)c3)n2)cc1. The van der Waals surface area contributed by atoms with Gasteiger partial charge in [0.25, 0.3) is 5.89 Å². The largest absolute Gasteiger partial charge is 0.497 e. The third-order valence-electron chi connectivity index (χ3n) is 3.33. The molecule has 3 aromatic rings. The van der Waals surface area contributed by atoms with Gasteiger partial charge in [-0.05, 0) is 36.4 Å².